The maximum atomic E-state index is 12.9. The Hall–Kier alpha value is -2.56. The molecule has 1 fully saturated rings. The zero-order chi connectivity index (χ0) is 22.8. The lowest BCUT2D eigenvalue weighted by Crippen LogP contribution is -2.71. The minimum absolute atomic E-state index is 0.0988. The number of anilines is 1. The summed E-state index contributed by atoms with van der Waals surface area (Å²) in [6, 6.07) is -0.835. The van der Waals surface area contributed by atoms with E-state index in [0.29, 0.717) is 16.5 Å². The Kier molecular flexibility index (Phi) is 6.73. The van der Waals surface area contributed by atoms with Gasteiger partial charge in [0.2, 0.25) is 5.12 Å². The van der Waals surface area contributed by atoms with Gasteiger partial charge in [-0.05, 0) is 5.57 Å². The molecule has 4 rings (SSSR count). The first-order valence-electron chi connectivity index (χ1n) is 8.92. The number of nitrogens with two attached hydrogens (primary N) is 1. The fraction of sp³-hybridized carbons (Fsp3) is 0.312. The van der Waals surface area contributed by atoms with Crippen molar-refractivity contribution in [1.82, 2.24) is 30.6 Å². The lowest BCUT2D eigenvalue weighted by atomic mass is 10.0. The Morgan fingerprint density at radius 3 is 2.97 bits per heavy atom. The number of carbonyl (C=O) groups excluding carboxylic acids is 3. The van der Waals surface area contributed by atoms with Gasteiger partial charge in [0.05, 0.1) is 6.20 Å². The van der Waals surface area contributed by atoms with E-state index in [-0.39, 0.29) is 22.2 Å². The second-order valence-corrected chi connectivity index (χ2v) is 9.81. The standard InChI is InChI=1S/C16H16N8O4S4/c1-28-22-9(7-5-32-16(17)19-7)12(25)20-10-13(26)24-11(15(27)29)6(4-31-14(10)24)3-30-8-2-18-23-21-8/h2,5,10,14H,3-4H2,1H3,(H2,17,19)(H,20,25)(H,27,29)(H,18,21,23)/b22-9+/t10-,14-/m1/s1. The number of aromatic amines is 1. The van der Waals surface area contributed by atoms with Gasteiger partial charge < -0.3 is 15.9 Å². The number of hydrogen-bond acceptors (Lipinski definition) is 12. The van der Waals surface area contributed by atoms with Crippen LogP contribution in [-0.2, 0) is 19.2 Å². The van der Waals surface area contributed by atoms with Crippen molar-refractivity contribution >= 4 is 75.3 Å². The lowest BCUT2D eigenvalue weighted by Gasteiger charge is -2.49. The number of thioether (sulfide) groups is 2. The number of nitrogens with zero attached hydrogens (tertiary/aromatic N) is 5. The molecule has 1 saturated heterocycles. The van der Waals surface area contributed by atoms with Gasteiger partial charge in [0, 0.05) is 16.9 Å². The predicted octanol–water partition coefficient (Wildman–Crippen LogP) is 0.0966. The van der Waals surface area contributed by atoms with Gasteiger partial charge in [-0.3, -0.25) is 19.3 Å². The topological polar surface area (TPSA) is 169 Å². The molecule has 12 nitrogen and oxygen atoms in total. The minimum atomic E-state index is -0.835. The summed E-state index contributed by atoms with van der Waals surface area (Å²) >= 11 is 7.95. The second kappa shape index (κ2) is 9.51. The number of fused-ring (bicyclic) bond motifs is 1. The molecule has 0 radical (unpaired) electrons. The molecule has 0 bridgehead atoms. The molecule has 168 valence electrons. The van der Waals surface area contributed by atoms with Gasteiger partial charge in [-0.1, -0.05) is 29.5 Å². The SMILES string of the molecule is CO/N=C(/C(=O)N[C@@H]1C(=O)N2C(C(=O)S)=C(CSc3cn[nH]n3)CS[C@H]12)c1csc(N)n1. The minimum Gasteiger partial charge on any atom is -0.398 e. The summed E-state index contributed by atoms with van der Waals surface area (Å²) in [6.07, 6.45) is 1.57. The van der Waals surface area contributed by atoms with Crippen LogP contribution in [-0.4, -0.2) is 78.0 Å². The van der Waals surface area contributed by atoms with Crippen LogP contribution in [0.2, 0.25) is 0 Å². The van der Waals surface area contributed by atoms with Crippen LogP contribution in [0.5, 0.6) is 0 Å². The van der Waals surface area contributed by atoms with Crippen LogP contribution in [0, 0.1) is 0 Å². The van der Waals surface area contributed by atoms with E-state index in [1.54, 1.807) is 11.6 Å². The van der Waals surface area contributed by atoms with Crippen molar-refractivity contribution < 1.29 is 19.2 Å². The van der Waals surface area contributed by atoms with Crippen LogP contribution < -0.4 is 11.1 Å². The van der Waals surface area contributed by atoms with Crippen molar-refractivity contribution in [2.75, 3.05) is 24.3 Å². The van der Waals surface area contributed by atoms with Crippen LogP contribution in [0.15, 0.2) is 33.0 Å². The fourth-order valence-corrected chi connectivity index (χ4v) is 6.20. The smallest absolute Gasteiger partial charge is 0.276 e. The molecule has 0 aromatic carbocycles. The van der Waals surface area contributed by atoms with Crippen molar-refractivity contribution in [2.24, 2.45) is 5.16 Å². The van der Waals surface area contributed by atoms with E-state index < -0.39 is 28.3 Å². The number of aromatic nitrogens is 4. The van der Waals surface area contributed by atoms with Crippen LogP contribution in [0.3, 0.4) is 0 Å². The Bertz CT molecular complexity index is 1120. The van der Waals surface area contributed by atoms with Crippen molar-refractivity contribution in [3.05, 3.63) is 28.5 Å². The summed E-state index contributed by atoms with van der Waals surface area (Å²) in [5.74, 6) is -0.100. The second-order valence-electron chi connectivity index (χ2n) is 6.41. The van der Waals surface area contributed by atoms with Crippen molar-refractivity contribution in [2.45, 2.75) is 16.4 Å². The molecule has 2 atom stereocenters. The molecule has 0 aliphatic carbocycles. The average Bonchev–Trinajstić information content (AvgIpc) is 3.45. The first-order chi connectivity index (χ1) is 15.4. The Morgan fingerprint density at radius 1 is 1.53 bits per heavy atom. The first kappa shape index (κ1) is 22.6. The zero-order valence-electron chi connectivity index (χ0n) is 16.3. The maximum Gasteiger partial charge on any atom is 0.276 e. The number of thiol groups is 1. The summed E-state index contributed by atoms with van der Waals surface area (Å²) in [5.41, 5.74) is 6.77. The molecule has 0 saturated carbocycles. The number of hydrogen-bond donors (Lipinski definition) is 4. The average molecular weight is 513 g/mol. The van der Waals surface area contributed by atoms with E-state index in [1.165, 1.54) is 35.5 Å². The molecule has 32 heavy (non-hydrogen) atoms. The van der Waals surface area contributed by atoms with Gasteiger partial charge in [0.25, 0.3) is 11.8 Å². The van der Waals surface area contributed by atoms with Gasteiger partial charge in [-0.25, -0.2) is 4.98 Å². The summed E-state index contributed by atoms with van der Waals surface area (Å²) in [5, 5.41) is 18.2. The van der Waals surface area contributed by atoms with E-state index in [1.807, 2.05) is 0 Å². The number of carbonyl (C=O) groups is 3. The van der Waals surface area contributed by atoms with E-state index in [9.17, 15) is 14.4 Å². The van der Waals surface area contributed by atoms with E-state index >= 15 is 0 Å². The predicted molar refractivity (Wildman–Crippen MR) is 123 cm³/mol. The number of nitrogen functional groups attached to an aromatic ring is 1. The number of amides is 2. The molecule has 0 spiro atoms. The Balaban J connectivity index is 1.49. The number of β-lactam (4-membered cyclic amide) rings is 1. The van der Waals surface area contributed by atoms with Crippen molar-refractivity contribution in [3.8, 4) is 0 Å². The molecule has 2 aromatic heterocycles. The lowest BCUT2D eigenvalue weighted by molar-refractivity contribution is -0.146. The maximum absolute atomic E-state index is 12.9. The van der Waals surface area contributed by atoms with Gasteiger partial charge in [-0.15, -0.1) is 28.2 Å². The normalized spacial score (nSPS) is 20.6. The van der Waals surface area contributed by atoms with Crippen LogP contribution in [0.25, 0.3) is 0 Å². The number of nitrogens with one attached hydrogen (secondary N) is 2. The third kappa shape index (κ3) is 4.35. The van der Waals surface area contributed by atoms with Gasteiger partial charge in [0.15, 0.2) is 10.8 Å². The number of thiazole rings is 1. The first-order valence-corrected chi connectivity index (χ1v) is 12.3. The molecule has 2 amide bonds. The van der Waals surface area contributed by atoms with Crippen LogP contribution in [0.1, 0.15) is 5.69 Å². The molecule has 2 aliphatic rings. The van der Waals surface area contributed by atoms with Crippen LogP contribution >= 0.6 is 47.5 Å². The molecular formula is C16H16N8O4S4. The van der Waals surface area contributed by atoms with Crippen molar-refractivity contribution in [1.29, 1.82) is 0 Å². The Morgan fingerprint density at radius 2 is 2.34 bits per heavy atom. The summed E-state index contributed by atoms with van der Waals surface area (Å²) in [4.78, 5) is 48.1. The highest BCUT2D eigenvalue weighted by Crippen LogP contribution is 2.42. The molecule has 0 unspecified atom stereocenters. The summed E-state index contributed by atoms with van der Waals surface area (Å²) in [7, 11) is 1.30. The molecule has 2 aliphatic heterocycles. The van der Waals surface area contributed by atoms with E-state index in [2.05, 4.69) is 43.5 Å². The number of H-pyrrole nitrogens is 1. The molecular weight excluding hydrogens is 496 g/mol. The third-order valence-corrected chi connectivity index (χ3v) is 7.70. The monoisotopic (exact) mass is 512 g/mol. The van der Waals surface area contributed by atoms with E-state index in [4.69, 9.17) is 10.6 Å². The molecule has 2 aromatic rings. The third-order valence-electron chi connectivity index (χ3n) is 4.49. The van der Waals surface area contributed by atoms with E-state index in [0.717, 1.165) is 16.9 Å². The largest absolute Gasteiger partial charge is 0.398 e. The molecule has 4 heterocycles. The highest BCUT2D eigenvalue weighted by atomic mass is 32.2. The quantitative estimate of drug-likeness (QED) is 0.125. The Labute approximate surface area is 199 Å². The summed E-state index contributed by atoms with van der Waals surface area (Å²) in [6.45, 7) is 0. The highest BCUT2D eigenvalue weighted by molar-refractivity contribution is 8.01. The van der Waals surface area contributed by atoms with Crippen molar-refractivity contribution in [3.63, 3.8) is 0 Å². The fourth-order valence-electron chi connectivity index (χ4n) is 3.12. The van der Waals surface area contributed by atoms with Crippen LogP contribution in [0.4, 0.5) is 5.13 Å². The number of rotatable bonds is 8. The highest BCUT2D eigenvalue weighted by Gasteiger charge is 2.53. The van der Waals surface area contributed by atoms with Gasteiger partial charge in [-0.2, -0.15) is 10.3 Å². The number of oxime groups is 1. The molecule has 4 N–H and O–H groups in total. The molecule has 16 heteroatoms. The summed E-state index contributed by atoms with van der Waals surface area (Å²) < 4.78 is 0. The van der Waals surface area contributed by atoms with Gasteiger partial charge >= 0.3 is 0 Å². The zero-order valence-corrected chi connectivity index (χ0v) is 19.7. The van der Waals surface area contributed by atoms with Gasteiger partial charge in [0.1, 0.15) is 34.9 Å².